The SMILES string of the molecule is Cc1ccc2c(c1)C(NC(=O)c1cc(-c3ccnn3C)c(Cl)s1)CC21CCN(C(=O)c2cc(C#N)c[nH]2)CC1. The molecule has 0 saturated carbocycles. The fourth-order valence-electron chi connectivity index (χ4n) is 6.08. The number of halogens is 1. The number of thiophene rings is 1. The van der Waals surface area contributed by atoms with Gasteiger partial charge in [-0.3, -0.25) is 14.3 Å². The molecule has 1 aromatic carbocycles. The van der Waals surface area contributed by atoms with E-state index in [1.165, 1.54) is 16.9 Å². The Balaban J connectivity index is 1.21. The molecular formula is C29H27ClN6O2S. The third-order valence-corrected chi connectivity index (χ3v) is 9.47. The van der Waals surface area contributed by atoms with E-state index in [2.05, 4.69) is 46.6 Å². The quantitative estimate of drug-likeness (QED) is 0.351. The second-order valence-corrected chi connectivity index (χ2v) is 12.1. The van der Waals surface area contributed by atoms with Crippen LogP contribution in [0.1, 0.15) is 67.7 Å². The van der Waals surface area contributed by atoms with Gasteiger partial charge < -0.3 is 15.2 Å². The lowest BCUT2D eigenvalue weighted by Gasteiger charge is -2.40. The molecule has 0 radical (unpaired) electrons. The van der Waals surface area contributed by atoms with E-state index in [1.807, 2.05) is 24.1 Å². The van der Waals surface area contributed by atoms with Crippen LogP contribution in [-0.2, 0) is 12.5 Å². The summed E-state index contributed by atoms with van der Waals surface area (Å²) in [6, 6.07) is 13.8. The number of likely N-dealkylation sites (tertiary alicyclic amines) is 1. The van der Waals surface area contributed by atoms with E-state index in [4.69, 9.17) is 16.9 Å². The number of piperidine rings is 1. The molecule has 39 heavy (non-hydrogen) atoms. The summed E-state index contributed by atoms with van der Waals surface area (Å²) in [6.45, 7) is 3.29. The van der Waals surface area contributed by atoms with Gasteiger partial charge >= 0.3 is 0 Å². The number of rotatable bonds is 4. The molecule has 1 spiro atoms. The van der Waals surface area contributed by atoms with Crippen molar-refractivity contribution in [3.8, 4) is 17.3 Å². The molecule has 1 atom stereocenters. The van der Waals surface area contributed by atoms with E-state index in [9.17, 15) is 9.59 Å². The van der Waals surface area contributed by atoms with E-state index in [0.29, 0.717) is 33.6 Å². The molecule has 1 saturated heterocycles. The summed E-state index contributed by atoms with van der Waals surface area (Å²) in [6.07, 6.45) is 5.67. The standard InChI is InChI=1S/C29H27ClN6O2S/c1-17-3-4-21-19(11-17)23(34-27(37)25-13-20(26(30)39-25)24-5-8-33-35(24)2)14-29(21)6-9-36(10-7-29)28(38)22-12-18(15-31)16-32-22/h3-5,8,11-13,16,23,32H,6-7,9-10,14H2,1-2H3,(H,34,37). The van der Waals surface area contributed by atoms with Gasteiger partial charge in [0.05, 0.1) is 22.2 Å². The van der Waals surface area contributed by atoms with Crippen LogP contribution in [0.5, 0.6) is 0 Å². The highest BCUT2D eigenvalue weighted by Crippen LogP contribution is 2.51. The number of aromatic nitrogens is 3. The Hall–Kier alpha value is -3.87. The van der Waals surface area contributed by atoms with Gasteiger partial charge in [0.2, 0.25) is 0 Å². The number of nitrogens with zero attached hydrogens (tertiary/aromatic N) is 4. The predicted molar refractivity (Wildman–Crippen MR) is 150 cm³/mol. The molecule has 198 valence electrons. The number of nitrogens with one attached hydrogen (secondary N) is 2. The van der Waals surface area contributed by atoms with Crippen LogP contribution in [0, 0.1) is 18.3 Å². The minimum absolute atomic E-state index is 0.0860. The molecule has 3 aromatic heterocycles. The van der Waals surface area contributed by atoms with Crippen LogP contribution in [0.2, 0.25) is 4.34 Å². The van der Waals surface area contributed by atoms with Gasteiger partial charge in [0.1, 0.15) is 16.1 Å². The first-order valence-electron chi connectivity index (χ1n) is 12.9. The van der Waals surface area contributed by atoms with Crippen molar-refractivity contribution in [2.24, 2.45) is 7.05 Å². The van der Waals surface area contributed by atoms with E-state index in [1.54, 1.807) is 23.1 Å². The van der Waals surface area contributed by atoms with Gasteiger partial charge in [-0.2, -0.15) is 10.4 Å². The molecule has 8 nitrogen and oxygen atoms in total. The molecule has 0 bridgehead atoms. The Bertz CT molecular complexity index is 1640. The van der Waals surface area contributed by atoms with Crippen molar-refractivity contribution < 1.29 is 9.59 Å². The van der Waals surface area contributed by atoms with E-state index >= 15 is 0 Å². The van der Waals surface area contributed by atoms with Crippen molar-refractivity contribution in [2.45, 2.75) is 37.6 Å². The molecule has 1 aliphatic heterocycles. The smallest absolute Gasteiger partial charge is 0.270 e. The van der Waals surface area contributed by atoms with E-state index < -0.39 is 0 Å². The summed E-state index contributed by atoms with van der Waals surface area (Å²) in [4.78, 5) is 31.8. The average Bonchev–Trinajstić information content (AvgIpc) is 3.71. The number of fused-ring (bicyclic) bond motifs is 2. The summed E-state index contributed by atoms with van der Waals surface area (Å²) < 4.78 is 2.30. The van der Waals surface area contributed by atoms with Crippen molar-refractivity contribution in [2.75, 3.05) is 13.1 Å². The highest BCUT2D eigenvalue weighted by molar-refractivity contribution is 7.18. The van der Waals surface area contributed by atoms with Gasteiger partial charge in [-0.1, -0.05) is 35.4 Å². The zero-order valence-corrected chi connectivity index (χ0v) is 23.2. The minimum atomic E-state index is -0.141. The maximum Gasteiger partial charge on any atom is 0.270 e. The van der Waals surface area contributed by atoms with Gasteiger partial charge in [-0.15, -0.1) is 11.3 Å². The summed E-state index contributed by atoms with van der Waals surface area (Å²) >= 11 is 7.80. The molecular weight excluding hydrogens is 532 g/mol. The van der Waals surface area contributed by atoms with E-state index in [0.717, 1.165) is 41.6 Å². The first-order valence-corrected chi connectivity index (χ1v) is 14.0. The van der Waals surface area contributed by atoms with Crippen LogP contribution in [0.25, 0.3) is 11.3 Å². The van der Waals surface area contributed by atoms with Gasteiger partial charge in [-0.25, -0.2) is 0 Å². The number of carbonyl (C=O) groups is 2. The number of amides is 2. The lowest BCUT2D eigenvalue weighted by Crippen LogP contribution is -2.44. The Morgan fingerprint density at radius 1 is 1.23 bits per heavy atom. The van der Waals surface area contributed by atoms with Crippen molar-refractivity contribution in [3.05, 3.63) is 86.0 Å². The lowest BCUT2D eigenvalue weighted by molar-refractivity contribution is 0.0655. The molecule has 2 amide bonds. The van der Waals surface area contributed by atoms with Crippen molar-refractivity contribution in [1.29, 1.82) is 5.26 Å². The first-order chi connectivity index (χ1) is 18.8. The second-order valence-electron chi connectivity index (χ2n) is 10.4. The van der Waals surface area contributed by atoms with Gasteiger partial charge in [-0.05, 0) is 55.5 Å². The number of H-pyrrole nitrogens is 1. The summed E-state index contributed by atoms with van der Waals surface area (Å²) in [5, 5.41) is 16.6. The molecule has 1 fully saturated rings. The topological polar surface area (TPSA) is 107 Å². The summed E-state index contributed by atoms with van der Waals surface area (Å²) in [5.74, 6) is -0.227. The number of carbonyl (C=O) groups excluding carboxylic acids is 2. The Kier molecular flexibility index (Phi) is 6.32. The first kappa shape index (κ1) is 25.4. The zero-order chi connectivity index (χ0) is 27.3. The fraction of sp³-hybridized carbons (Fsp3) is 0.310. The van der Waals surface area contributed by atoms with Crippen LogP contribution in [0.4, 0.5) is 0 Å². The number of nitriles is 1. The van der Waals surface area contributed by atoms with E-state index in [-0.39, 0.29) is 23.3 Å². The Labute approximate surface area is 235 Å². The highest BCUT2D eigenvalue weighted by Gasteiger charge is 2.46. The minimum Gasteiger partial charge on any atom is -0.356 e. The molecule has 2 aliphatic rings. The molecule has 10 heteroatoms. The third kappa shape index (κ3) is 4.44. The molecule has 1 unspecified atom stereocenters. The van der Waals surface area contributed by atoms with Crippen LogP contribution in [0.15, 0.2) is 48.8 Å². The zero-order valence-electron chi connectivity index (χ0n) is 21.6. The van der Waals surface area contributed by atoms with Crippen LogP contribution >= 0.6 is 22.9 Å². The normalized spacial score (nSPS) is 17.7. The third-order valence-electron chi connectivity index (χ3n) is 8.11. The monoisotopic (exact) mass is 558 g/mol. The molecule has 2 N–H and O–H groups in total. The average molecular weight is 559 g/mol. The number of aromatic amines is 1. The van der Waals surface area contributed by atoms with Gasteiger partial charge in [0.25, 0.3) is 11.8 Å². The Morgan fingerprint density at radius 2 is 2.03 bits per heavy atom. The number of benzene rings is 1. The second kappa shape index (κ2) is 9.70. The maximum absolute atomic E-state index is 13.5. The van der Waals surface area contributed by atoms with Crippen LogP contribution < -0.4 is 5.32 Å². The largest absolute Gasteiger partial charge is 0.356 e. The summed E-state index contributed by atoms with van der Waals surface area (Å²) in [5.41, 5.74) is 6.00. The van der Waals surface area contributed by atoms with Gasteiger partial charge in [0.15, 0.2) is 0 Å². The summed E-state index contributed by atoms with van der Waals surface area (Å²) in [7, 11) is 1.85. The molecule has 4 aromatic rings. The van der Waals surface area contributed by atoms with Gasteiger partial charge in [0, 0.05) is 43.5 Å². The number of hydrogen-bond acceptors (Lipinski definition) is 5. The Morgan fingerprint density at radius 3 is 2.72 bits per heavy atom. The predicted octanol–water partition coefficient (Wildman–Crippen LogP) is 5.36. The molecule has 6 rings (SSSR count). The number of aryl methyl sites for hydroxylation is 2. The molecule has 1 aliphatic carbocycles. The number of hydrogen-bond donors (Lipinski definition) is 2. The molecule has 4 heterocycles. The van der Waals surface area contributed by atoms with Crippen molar-refractivity contribution in [3.63, 3.8) is 0 Å². The van der Waals surface area contributed by atoms with Crippen LogP contribution in [-0.4, -0.2) is 44.6 Å². The van der Waals surface area contributed by atoms with Crippen molar-refractivity contribution in [1.82, 2.24) is 25.0 Å². The lowest BCUT2D eigenvalue weighted by atomic mass is 9.73. The maximum atomic E-state index is 13.5. The fourth-order valence-corrected chi connectivity index (χ4v) is 7.28. The highest BCUT2D eigenvalue weighted by atomic mass is 35.5. The van der Waals surface area contributed by atoms with Crippen molar-refractivity contribution >= 4 is 34.8 Å². The van der Waals surface area contributed by atoms with Crippen LogP contribution in [0.3, 0.4) is 0 Å².